The summed E-state index contributed by atoms with van der Waals surface area (Å²) in [5.74, 6) is -0.746. The van der Waals surface area contributed by atoms with Crippen molar-refractivity contribution in [1.82, 2.24) is 4.90 Å². The minimum atomic E-state index is -0.627. The molecule has 0 radical (unpaired) electrons. The van der Waals surface area contributed by atoms with E-state index in [1.807, 2.05) is 0 Å². The molecule has 1 fully saturated rings. The topological polar surface area (TPSA) is 40.5 Å². The van der Waals surface area contributed by atoms with E-state index in [4.69, 9.17) is 5.11 Å². The predicted molar refractivity (Wildman–Crippen MR) is 76.9 cm³/mol. The van der Waals surface area contributed by atoms with Gasteiger partial charge < -0.3 is 5.11 Å². The average molecular weight is 332 g/mol. The lowest BCUT2D eigenvalue weighted by Gasteiger charge is -2.33. The number of hydrogen-bond donors (Lipinski definition) is 1. The van der Waals surface area contributed by atoms with Gasteiger partial charge in [-0.1, -0.05) is 0 Å². The summed E-state index contributed by atoms with van der Waals surface area (Å²) in [6, 6.07) is 4.75. The normalized spacial score (nSPS) is 24.4. The van der Waals surface area contributed by atoms with Crippen molar-refractivity contribution in [1.29, 1.82) is 0 Å². The Hall–Kier alpha value is -0.390. The molecule has 0 aromatic carbocycles. The van der Waals surface area contributed by atoms with E-state index in [1.54, 1.807) is 11.3 Å². The van der Waals surface area contributed by atoms with Crippen molar-refractivity contribution < 1.29 is 9.90 Å². The molecule has 1 aliphatic carbocycles. The molecule has 5 heteroatoms. The second-order valence-corrected chi connectivity index (χ2v) is 7.51. The number of nitrogens with zero attached hydrogens (tertiary/aromatic N) is 1. The van der Waals surface area contributed by atoms with Crippen molar-refractivity contribution in [3.05, 3.63) is 20.8 Å². The molecule has 18 heavy (non-hydrogen) atoms. The van der Waals surface area contributed by atoms with Gasteiger partial charge in [0.25, 0.3) is 0 Å². The fraction of sp³-hybridized carbons (Fsp3) is 0.615. The standard InChI is InChI=1S/C13H18BrNO2S/c1-15(8-11-6-7-12(14)18-11)10-4-2-9(3-5-10)13(16)17/h6-7,9-10H,2-5,8H2,1H3,(H,16,17). The Morgan fingerprint density at radius 1 is 1.44 bits per heavy atom. The Bertz CT molecular complexity index is 413. The molecule has 100 valence electrons. The van der Waals surface area contributed by atoms with Crippen molar-refractivity contribution in [2.45, 2.75) is 38.3 Å². The number of thiophene rings is 1. The molecule has 1 heterocycles. The van der Waals surface area contributed by atoms with Crippen LogP contribution in [0.1, 0.15) is 30.6 Å². The van der Waals surface area contributed by atoms with Crippen molar-refractivity contribution in [2.75, 3.05) is 7.05 Å². The molecule has 0 amide bonds. The molecule has 0 bridgehead atoms. The summed E-state index contributed by atoms with van der Waals surface area (Å²) in [6.07, 6.45) is 3.64. The van der Waals surface area contributed by atoms with Crippen LogP contribution >= 0.6 is 27.3 Å². The quantitative estimate of drug-likeness (QED) is 0.916. The summed E-state index contributed by atoms with van der Waals surface area (Å²) in [4.78, 5) is 14.6. The van der Waals surface area contributed by atoms with Crippen molar-refractivity contribution in [3.8, 4) is 0 Å². The van der Waals surface area contributed by atoms with Crippen LogP contribution < -0.4 is 0 Å². The number of halogens is 1. The molecule has 0 saturated heterocycles. The molecule has 0 atom stereocenters. The van der Waals surface area contributed by atoms with Crippen LogP contribution in [0.25, 0.3) is 0 Å². The Balaban J connectivity index is 1.84. The van der Waals surface area contributed by atoms with Gasteiger partial charge >= 0.3 is 5.97 Å². The van der Waals surface area contributed by atoms with Gasteiger partial charge in [0.1, 0.15) is 0 Å². The predicted octanol–water partition coefficient (Wildman–Crippen LogP) is 3.59. The van der Waals surface area contributed by atoms with E-state index in [-0.39, 0.29) is 5.92 Å². The Morgan fingerprint density at radius 3 is 2.61 bits per heavy atom. The third-order valence-corrected chi connectivity index (χ3v) is 5.31. The fourth-order valence-corrected chi connectivity index (χ4v) is 4.12. The molecule has 1 saturated carbocycles. The first-order chi connectivity index (χ1) is 8.56. The maximum absolute atomic E-state index is 10.9. The van der Waals surface area contributed by atoms with Crippen LogP contribution in [0.2, 0.25) is 0 Å². The molecule has 0 aliphatic heterocycles. The minimum absolute atomic E-state index is 0.120. The van der Waals surface area contributed by atoms with Crippen LogP contribution in [-0.2, 0) is 11.3 Å². The van der Waals surface area contributed by atoms with Gasteiger partial charge in [-0.15, -0.1) is 11.3 Å². The van der Waals surface area contributed by atoms with E-state index >= 15 is 0 Å². The van der Waals surface area contributed by atoms with Crippen molar-refractivity contribution >= 4 is 33.2 Å². The molecule has 0 spiro atoms. The maximum atomic E-state index is 10.9. The lowest BCUT2D eigenvalue weighted by Crippen LogP contribution is -2.36. The highest BCUT2D eigenvalue weighted by molar-refractivity contribution is 9.11. The molecular weight excluding hydrogens is 314 g/mol. The van der Waals surface area contributed by atoms with Gasteiger partial charge in [-0.2, -0.15) is 0 Å². The largest absolute Gasteiger partial charge is 0.481 e. The molecule has 1 aliphatic rings. The van der Waals surface area contributed by atoms with Gasteiger partial charge in [-0.25, -0.2) is 0 Å². The summed E-state index contributed by atoms with van der Waals surface area (Å²) >= 11 is 5.24. The van der Waals surface area contributed by atoms with Gasteiger partial charge in [0.05, 0.1) is 9.70 Å². The molecule has 1 aromatic heterocycles. The maximum Gasteiger partial charge on any atom is 0.306 e. The number of rotatable bonds is 4. The summed E-state index contributed by atoms with van der Waals surface area (Å²) in [6.45, 7) is 0.957. The number of carboxylic acids is 1. The lowest BCUT2D eigenvalue weighted by molar-refractivity contribution is -0.143. The Kier molecular flexibility index (Phi) is 4.81. The Morgan fingerprint density at radius 2 is 2.11 bits per heavy atom. The third kappa shape index (κ3) is 3.56. The zero-order valence-electron chi connectivity index (χ0n) is 10.4. The molecule has 1 N–H and O–H groups in total. The van der Waals surface area contributed by atoms with Crippen LogP contribution in [0, 0.1) is 5.92 Å². The van der Waals surface area contributed by atoms with Gasteiger partial charge in [0, 0.05) is 17.5 Å². The van der Waals surface area contributed by atoms with Gasteiger partial charge in [0.2, 0.25) is 0 Å². The monoisotopic (exact) mass is 331 g/mol. The fourth-order valence-electron chi connectivity index (χ4n) is 2.58. The molecule has 1 aromatic rings. The van der Waals surface area contributed by atoms with Crippen LogP contribution in [0.5, 0.6) is 0 Å². The highest BCUT2D eigenvalue weighted by Gasteiger charge is 2.27. The highest BCUT2D eigenvalue weighted by atomic mass is 79.9. The van der Waals surface area contributed by atoms with E-state index in [9.17, 15) is 4.79 Å². The molecule has 3 nitrogen and oxygen atoms in total. The van der Waals surface area contributed by atoms with E-state index < -0.39 is 5.97 Å². The number of carboxylic acid groups (broad SMARTS) is 1. The lowest BCUT2D eigenvalue weighted by atomic mass is 9.85. The van der Waals surface area contributed by atoms with E-state index in [2.05, 4.69) is 40.0 Å². The van der Waals surface area contributed by atoms with Crippen molar-refractivity contribution in [3.63, 3.8) is 0 Å². The van der Waals surface area contributed by atoms with E-state index in [0.29, 0.717) is 6.04 Å². The zero-order chi connectivity index (χ0) is 13.1. The van der Waals surface area contributed by atoms with E-state index in [0.717, 1.165) is 32.2 Å². The summed E-state index contributed by atoms with van der Waals surface area (Å²) < 4.78 is 1.17. The van der Waals surface area contributed by atoms with Crippen LogP contribution in [0.3, 0.4) is 0 Å². The summed E-state index contributed by atoms with van der Waals surface area (Å²) in [5, 5.41) is 8.98. The number of aliphatic carboxylic acids is 1. The van der Waals surface area contributed by atoms with Gasteiger partial charge in [0.15, 0.2) is 0 Å². The second-order valence-electron chi connectivity index (χ2n) is 4.96. The summed E-state index contributed by atoms with van der Waals surface area (Å²) in [7, 11) is 2.14. The Labute approximate surface area is 120 Å². The smallest absolute Gasteiger partial charge is 0.306 e. The van der Waals surface area contributed by atoms with Crippen LogP contribution in [0.4, 0.5) is 0 Å². The first-order valence-electron chi connectivity index (χ1n) is 6.23. The van der Waals surface area contributed by atoms with Gasteiger partial charge in [-0.3, -0.25) is 9.69 Å². The van der Waals surface area contributed by atoms with Crippen LogP contribution in [-0.4, -0.2) is 29.1 Å². The average Bonchev–Trinajstić information content (AvgIpc) is 2.75. The first kappa shape index (κ1) is 14.0. The van der Waals surface area contributed by atoms with E-state index in [1.165, 1.54) is 8.66 Å². The molecule has 2 rings (SSSR count). The minimum Gasteiger partial charge on any atom is -0.481 e. The molecule has 0 unspecified atom stereocenters. The number of hydrogen-bond acceptors (Lipinski definition) is 3. The first-order valence-corrected chi connectivity index (χ1v) is 7.84. The van der Waals surface area contributed by atoms with Gasteiger partial charge in [-0.05, 0) is 60.8 Å². The third-order valence-electron chi connectivity index (χ3n) is 3.70. The zero-order valence-corrected chi connectivity index (χ0v) is 12.8. The molecular formula is C13H18BrNO2S. The number of carbonyl (C=O) groups is 1. The van der Waals surface area contributed by atoms with Crippen molar-refractivity contribution in [2.24, 2.45) is 5.92 Å². The summed E-state index contributed by atoms with van der Waals surface area (Å²) in [5.41, 5.74) is 0. The van der Waals surface area contributed by atoms with Crippen LogP contribution in [0.15, 0.2) is 15.9 Å². The SMILES string of the molecule is CN(Cc1ccc(Br)s1)C1CCC(C(=O)O)CC1. The second kappa shape index (κ2) is 6.17. The highest BCUT2D eigenvalue weighted by Crippen LogP contribution is 2.29.